The Hall–Kier alpha value is -2.22. The molecule has 2 N–H and O–H groups in total. The molecule has 7 heteroatoms. The summed E-state index contributed by atoms with van der Waals surface area (Å²) in [4.78, 5) is 6.53. The Bertz CT molecular complexity index is 1070. The van der Waals surface area contributed by atoms with Crippen molar-refractivity contribution in [3.63, 3.8) is 0 Å². The Balaban J connectivity index is 1.59. The molecule has 0 amide bonds. The highest BCUT2D eigenvalue weighted by atomic mass is 32.2. The van der Waals surface area contributed by atoms with Crippen LogP contribution in [-0.4, -0.2) is 22.7 Å². The number of nitrogens with one attached hydrogen (secondary N) is 2. The number of thiazole rings is 1. The van der Waals surface area contributed by atoms with Gasteiger partial charge in [0.15, 0.2) is 10.9 Å². The molecule has 1 saturated carbocycles. The van der Waals surface area contributed by atoms with Gasteiger partial charge in [0.05, 0.1) is 23.4 Å². The van der Waals surface area contributed by atoms with E-state index >= 15 is 0 Å². The first-order chi connectivity index (χ1) is 16.0. The van der Waals surface area contributed by atoms with E-state index in [1.54, 1.807) is 18.4 Å². The molecule has 0 spiro atoms. The lowest BCUT2D eigenvalue weighted by Crippen LogP contribution is -2.17. The van der Waals surface area contributed by atoms with Crippen molar-refractivity contribution in [2.45, 2.75) is 70.2 Å². The van der Waals surface area contributed by atoms with Crippen LogP contribution in [0.25, 0.3) is 10.4 Å². The minimum Gasteiger partial charge on any atom is -0.588 e. The second-order valence-electron chi connectivity index (χ2n) is 8.77. The van der Waals surface area contributed by atoms with Crippen molar-refractivity contribution in [2.75, 3.05) is 17.1 Å². The van der Waals surface area contributed by atoms with Crippen LogP contribution in [0.1, 0.15) is 55.3 Å². The smallest absolute Gasteiger partial charge is 0.222 e. The van der Waals surface area contributed by atoms with Crippen molar-refractivity contribution >= 4 is 33.5 Å². The molecule has 1 fully saturated rings. The molecule has 1 aliphatic rings. The van der Waals surface area contributed by atoms with E-state index in [0.29, 0.717) is 16.7 Å². The highest BCUT2D eigenvalue weighted by Crippen LogP contribution is 2.38. The summed E-state index contributed by atoms with van der Waals surface area (Å²) in [6, 6.07) is 12.4. The Morgan fingerprint density at radius 3 is 2.39 bits per heavy atom. The quantitative estimate of drug-likeness (QED) is 0.279. The first kappa shape index (κ1) is 23.9. The first-order valence-electron chi connectivity index (χ1n) is 11.6. The van der Waals surface area contributed by atoms with Gasteiger partial charge in [-0.25, -0.2) is 9.71 Å². The number of methoxy groups -OCH3 is 1. The van der Waals surface area contributed by atoms with Crippen LogP contribution in [0.5, 0.6) is 5.75 Å². The molecule has 2 aromatic carbocycles. The number of para-hydroxylation sites is 1. The van der Waals surface area contributed by atoms with Crippen molar-refractivity contribution in [2.24, 2.45) is 0 Å². The van der Waals surface area contributed by atoms with Crippen LogP contribution in [0.3, 0.4) is 0 Å². The average Bonchev–Trinajstić information content (AvgIpc) is 2.99. The summed E-state index contributed by atoms with van der Waals surface area (Å²) in [5, 5.41) is 4.64. The number of hydrogen-bond acceptors (Lipinski definition) is 6. The Morgan fingerprint density at radius 2 is 1.73 bits per heavy atom. The molecule has 0 radical (unpaired) electrons. The molecule has 0 saturated heterocycles. The molecular formula is C26H33N3O2S2. The molecule has 0 aliphatic heterocycles. The van der Waals surface area contributed by atoms with Gasteiger partial charge in [0, 0.05) is 12.1 Å². The number of benzene rings is 2. The maximum atomic E-state index is 13.4. The number of hydrogen-bond donors (Lipinski definition) is 2. The molecule has 1 unspecified atom stereocenters. The fraction of sp³-hybridized carbons (Fsp3) is 0.423. The van der Waals surface area contributed by atoms with E-state index in [1.165, 1.54) is 38.5 Å². The predicted molar refractivity (Wildman–Crippen MR) is 140 cm³/mol. The lowest BCUT2D eigenvalue weighted by atomic mass is 10.1. The summed E-state index contributed by atoms with van der Waals surface area (Å²) in [5.74, 6) is 0.606. The fourth-order valence-electron chi connectivity index (χ4n) is 4.41. The van der Waals surface area contributed by atoms with Gasteiger partial charge in [-0.15, -0.1) is 0 Å². The van der Waals surface area contributed by atoms with Gasteiger partial charge < -0.3 is 14.6 Å². The van der Waals surface area contributed by atoms with E-state index < -0.39 is 11.4 Å². The number of ether oxygens (including phenoxy) is 1. The second-order valence-corrected chi connectivity index (χ2v) is 11.0. The molecule has 4 rings (SSSR count). The van der Waals surface area contributed by atoms with Crippen molar-refractivity contribution in [1.82, 2.24) is 4.98 Å². The molecule has 1 atom stereocenters. The van der Waals surface area contributed by atoms with Crippen LogP contribution in [0.4, 0.5) is 10.8 Å². The van der Waals surface area contributed by atoms with E-state index in [4.69, 9.17) is 9.72 Å². The maximum absolute atomic E-state index is 13.4. The molecule has 5 nitrogen and oxygen atoms in total. The monoisotopic (exact) mass is 483 g/mol. The minimum absolute atomic E-state index is 0.506. The Labute approximate surface area is 204 Å². The van der Waals surface area contributed by atoms with Gasteiger partial charge in [0.25, 0.3) is 0 Å². The SMILES string of the molecule is COc1ccc(-c2sc(NC3CCCCCC3)nc2C)cc1[S+]([O-])Nc1c(C)cccc1C. The van der Waals surface area contributed by atoms with E-state index in [0.717, 1.165) is 38.1 Å². The fourth-order valence-corrected chi connectivity index (χ4v) is 6.64. The van der Waals surface area contributed by atoms with Crippen LogP contribution in [0, 0.1) is 20.8 Å². The maximum Gasteiger partial charge on any atom is 0.222 e. The molecule has 33 heavy (non-hydrogen) atoms. The topological polar surface area (TPSA) is 69.2 Å². The van der Waals surface area contributed by atoms with Crippen molar-refractivity contribution in [3.8, 4) is 16.2 Å². The van der Waals surface area contributed by atoms with Crippen LogP contribution in [-0.2, 0) is 11.4 Å². The van der Waals surface area contributed by atoms with Gasteiger partial charge in [-0.1, -0.05) is 55.2 Å². The summed E-state index contributed by atoms with van der Waals surface area (Å²) in [6.45, 7) is 6.08. The highest BCUT2D eigenvalue weighted by Gasteiger charge is 2.23. The Kier molecular flexibility index (Phi) is 7.83. The summed E-state index contributed by atoms with van der Waals surface area (Å²) >= 11 is 0.209. The van der Waals surface area contributed by atoms with Gasteiger partial charge in [-0.3, -0.25) is 0 Å². The summed E-state index contributed by atoms with van der Waals surface area (Å²) < 4.78 is 22.1. The third kappa shape index (κ3) is 5.65. The van der Waals surface area contributed by atoms with Crippen molar-refractivity contribution in [3.05, 3.63) is 53.2 Å². The number of nitrogens with zero attached hydrogens (tertiary/aromatic N) is 1. The highest BCUT2D eigenvalue weighted by molar-refractivity contribution is 7.92. The Morgan fingerprint density at radius 1 is 1.03 bits per heavy atom. The lowest BCUT2D eigenvalue weighted by Gasteiger charge is -2.17. The molecule has 1 aliphatic carbocycles. The van der Waals surface area contributed by atoms with Gasteiger partial charge in [-0.2, -0.15) is 0 Å². The normalized spacial score (nSPS) is 15.7. The number of rotatable bonds is 7. The van der Waals surface area contributed by atoms with Crippen LogP contribution in [0.2, 0.25) is 0 Å². The zero-order chi connectivity index (χ0) is 23.4. The van der Waals surface area contributed by atoms with Gasteiger partial charge in [0.1, 0.15) is 11.4 Å². The summed E-state index contributed by atoms with van der Waals surface area (Å²) in [7, 11) is 1.61. The van der Waals surface area contributed by atoms with Gasteiger partial charge >= 0.3 is 0 Å². The molecule has 3 aromatic rings. The van der Waals surface area contributed by atoms with Crippen molar-refractivity contribution < 1.29 is 9.29 Å². The molecule has 1 heterocycles. The average molecular weight is 484 g/mol. The van der Waals surface area contributed by atoms with E-state index in [9.17, 15) is 4.55 Å². The number of aryl methyl sites for hydroxylation is 3. The van der Waals surface area contributed by atoms with Gasteiger partial charge in [-0.05, 0) is 62.4 Å². The summed E-state index contributed by atoms with van der Waals surface area (Å²) in [5.41, 5.74) is 5.01. The molecule has 176 valence electrons. The largest absolute Gasteiger partial charge is 0.588 e. The van der Waals surface area contributed by atoms with Crippen LogP contribution < -0.4 is 14.8 Å². The number of anilines is 2. The van der Waals surface area contributed by atoms with Crippen molar-refractivity contribution in [1.29, 1.82) is 0 Å². The van der Waals surface area contributed by atoms with E-state index in [-0.39, 0.29) is 0 Å². The number of aromatic nitrogens is 1. The van der Waals surface area contributed by atoms with Crippen LogP contribution in [0.15, 0.2) is 41.3 Å². The molecule has 0 bridgehead atoms. The lowest BCUT2D eigenvalue weighted by molar-refractivity contribution is 0.403. The van der Waals surface area contributed by atoms with Crippen LogP contribution >= 0.6 is 11.3 Å². The zero-order valence-electron chi connectivity index (χ0n) is 19.9. The van der Waals surface area contributed by atoms with E-state index in [1.807, 2.05) is 57.2 Å². The zero-order valence-corrected chi connectivity index (χ0v) is 21.5. The molecular weight excluding hydrogens is 450 g/mol. The third-order valence-electron chi connectivity index (χ3n) is 6.28. The molecule has 1 aromatic heterocycles. The third-order valence-corrected chi connectivity index (χ3v) is 8.53. The first-order valence-corrected chi connectivity index (χ1v) is 13.6. The standard InChI is InChI=1S/C26H33N3O2S2/c1-17-10-9-11-18(2)24(17)29-33(30)23-16-20(14-15-22(23)31-4)25-19(3)27-26(32-25)28-21-12-7-5-6-8-13-21/h9-11,14-16,21,29H,5-8,12-13H2,1-4H3,(H,27,28). The van der Waals surface area contributed by atoms with E-state index in [2.05, 4.69) is 10.0 Å². The summed E-state index contributed by atoms with van der Waals surface area (Å²) in [6.07, 6.45) is 7.67. The minimum atomic E-state index is -1.46. The predicted octanol–water partition coefficient (Wildman–Crippen LogP) is 7.01. The second kappa shape index (κ2) is 10.8. The van der Waals surface area contributed by atoms with Gasteiger partial charge in [0.2, 0.25) is 4.90 Å².